The number of furan rings is 1. The molecule has 3 aromatic carbocycles. The molecule has 1 heterocycles. The van der Waals surface area contributed by atoms with Crippen molar-refractivity contribution < 1.29 is 23.8 Å². The number of ether oxygens (including phenoxy) is 1. The third kappa shape index (κ3) is 4.80. The summed E-state index contributed by atoms with van der Waals surface area (Å²) in [7, 11) is 1.57. The first-order valence-corrected chi connectivity index (χ1v) is 10.3. The SMILES string of the molecule is COc1cccc(C(=O)c2cc3cccc(Br)c3o2)c1.O=Cc1cccc(Br)c1O. The van der Waals surface area contributed by atoms with E-state index in [4.69, 9.17) is 14.3 Å². The molecule has 0 fully saturated rings. The van der Waals surface area contributed by atoms with Crippen LogP contribution in [0.1, 0.15) is 26.5 Å². The van der Waals surface area contributed by atoms with E-state index in [0.717, 1.165) is 9.86 Å². The van der Waals surface area contributed by atoms with Crippen LogP contribution in [0.15, 0.2) is 80.1 Å². The van der Waals surface area contributed by atoms with Gasteiger partial charge >= 0.3 is 0 Å². The summed E-state index contributed by atoms with van der Waals surface area (Å²) in [5, 5.41) is 10.0. The monoisotopic (exact) mass is 530 g/mol. The standard InChI is InChI=1S/C16H11BrO3.C7H5BrO2/c1-19-12-6-2-4-10(8-12)15(18)14-9-11-5-3-7-13(17)16(11)20-14;8-6-3-1-2-5(4-9)7(6)10/h2-9H,1H3;1-4,10H. The number of aromatic hydroxyl groups is 1. The molecule has 0 bridgehead atoms. The number of hydrogen-bond donors (Lipinski definition) is 1. The average Bonchev–Trinajstić information content (AvgIpc) is 3.21. The number of ketones is 1. The van der Waals surface area contributed by atoms with Gasteiger partial charge in [-0.1, -0.05) is 30.3 Å². The number of aldehydes is 1. The fraction of sp³-hybridized carbons (Fsp3) is 0.0435. The number of carbonyl (C=O) groups excluding carboxylic acids is 2. The summed E-state index contributed by atoms with van der Waals surface area (Å²) < 4.78 is 12.2. The number of halogens is 2. The number of methoxy groups -OCH3 is 1. The number of fused-ring (bicyclic) bond motifs is 1. The van der Waals surface area contributed by atoms with E-state index < -0.39 is 0 Å². The molecule has 1 aromatic heterocycles. The molecule has 0 unspecified atom stereocenters. The van der Waals surface area contributed by atoms with Crippen molar-refractivity contribution in [1.82, 2.24) is 0 Å². The highest BCUT2D eigenvalue weighted by Gasteiger charge is 2.16. The number of phenols is 1. The smallest absolute Gasteiger partial charge is 0.228 e. The van der Waals surface area contributed by atoms with E-state index in [-0.39, 0.29) is 11.5 Å². The van der Waals surface area contributed by atoms with Crippen LogP contribution in [0.2, 0.25) is 0 Å². The molecule has 0 saturated heterocycles. The summed E-state index contributed by atoms with van der Waals surface area (Å²) >= 11 is 6.49. The summed E-state index contributed by atoms with van der Waals surface area (Å²) in [5.74, 6) is 0.804. The Balaban J connectivity index is 0.000000216. The van der Waals surface area contributed by atoms with Crippen molar-refractivity contribution in [3.8, 4) is 11.5 Å². The van der Waals surface area contributed by atoms with Gasteiger partial charge in [0, 0.05) is 10.9 Å². The van der Waals surface area contributed by atoms with E-state index in [1.807, 2.05) is 18.2 Å². The largest absolute Gasteiger partial charge is 0.506 e. The summed E-state index contributed by atoms with van der Waals surface area (Å²) in [5.41, 5.74) is 1.52. The van der Waals surface area contributed by atoms with Crippen molar-refractivity contribution in [2.24, 2.45) is 0 Å². The van der Waals surface area contributed by atoms with Gasteiger partial charge in [-0.05, 0) is 68.3 Å². The molecule has 0 spiro atoms. The molecule has 4 aromatic rings. The van der Waals surface area contributed by atoms with Gasteiger partial charge in [-0.25, -0.2) is 0 Å². The van der Waals surface area contributed by atoms with Gasteiger partial charge in [-0.2, -0.15) is 0 Å². The molecule has 1 N–H and O–H groups in total. The van der Waals surface area contributed by atoms with Crippen molar-refractivity contribution >= 4 is 54.9 Å². The van der Waals surface area contributed by atoms with Gasteiger partial charge in [-0.3, -0.25) is 9.59 Å². The van der Waals surface area contributed by atoms with Crippen molar-refractivity contribution in [1.29, 1.82) is 0 Å². The Hall–Kier alpha value is -2.90. The normalized spacial score (nSPS) is 10.2. The Bertz CT molecular complexity index is 1210. The lowest BCUT2D eigenvalue weighted by Crippen LogP contribution is -1.99. The molecule has 0 radical (unpaired) electrons. The maximum Gasteiger partial charge on any atom is 0.228 e. The third-order valence-electron chi connectivity index (χ3n) is 4.20. The quantitative estimate of drug-likeness (QED) is 0.243. The molecule has 0 aliphatic rings. The third-order valence-corrected chi connectivity index (χ3v) is 5.46. The highest BCUT2D eigenvalue weighted by atomic mass is 79.9. The number of benzene rings is 3. The van der Waals surface area contributed by atoms with Crippen LogP contribution in [0, 0.1) is 0 Å². The molecule has 0 aliphatic carbocycles. The van der Waals surface area contributed by atoms with Crippen LogP contribution in [0.25, 0.3) is 11.0 Å². The van der Waals surface area contributed by atoms with Gasteiger partial charge in [-0.15, -0.1) is 0 Å². The zero-order valence-electron chi connectivity index (χ0n) is 15.8. The van der Waals surface area contributed by atoms with Crippen molar-refractivity contribution in [2.45, 2.75) is 0 Å². The molecule has 7 heteroatoms. The predicted molar refractivity (Wildman–Crippen MR) is 122 cm³/mol. The molecule has 0 atom stereocenters. The Labute approximate surface area is 189 Å². The minimum Gasteiger partial charge on any atom is -0.506 e. The van der Waals surface area contributed by atoms with Gasteiger partial charge in [0.15, 0.2) is 12.0 Å². The lowest BCUT2D eigenvalue weighted by Gasteiger charge is -2.01. The number of phenolic OH excluding ortho intramolecular Hbond substituents is 1. The second-order valence-electron chi connectivity index (χ2n) is 6.13. The van der Waals surface area contributed by atoms with Crippen molar-refractivity contribution in [2.75, 3.05) is 7.11 Å². The van der Waals surface area contributed by atoms with Gasteiger partial charge in [0.2, 0.25) is 5.78 Å². The van der Waals surface area contributed by atoms with Gasteiger partial charge < -0.3 is 14.3 Å². The predicted octanol–water partition coefficient (Wildman–Crippen LogP) is 6.40. The first-order chi connectivity index (χ1) is 14.4. The zero-order chi connectivity index (χ0) is 21.7. The molecule has 4 rings (SSSR count). The Morgan fingerprint density at radius 1 is 1.00 bits per heavy atom. The Kier molecular flexibility index (Phi) is 7.07. The lowest BCUT2D eigenvalue weighted by molar-refractivity contribution is 0.101. The second-order valence-corrected chi connectivity index (χ2v) is 7.83. The van der Waals surface area contributed by atoms with E-state index in [2.05, 4.69) is 31.9 Å². The summed E-state index contributed by atoms with van der Waals surface area (Å²) in [4.78, 5) is 22.6. The lowest BCUT2D eigenvalue weighted by atomic mass is 10.1. The highest BCUT2D eigenvalue weighted by molar-refractivity contribution is 9.11. The van der Waals surface area contributed by atoms with E-state index in [9.17, 15) is 9.59 Å². The minimum absolute atomic E-state index is 0.00231. The number of rotatable bonds is 4. The van der Waals surface area contributed by atoms with Gasteiger partial charge in [0.25, 0.3) is 0 Å². The van der Waals surface area contributed by atoms with Crippen LogP contribution in [0.5, 0.6) is 11.5 Å². The zero-order valence-corrected chi connectivity index (χ0v) is 18.9. The van der Waals surface area contributed by atoms with Crippen LogP contribution in [0.3, 0.4) is 0 Å². The Morgan fingerprint density at radius 3 is 2.37 bits per heavy atom. The van der Waals surface area contributed by atoms with E-state index in [1.165, 1.54) is 0 Å². The molecule has 0 amide bonds. The van der Waals surface area contributed by atoms with Crippen LogP contribution in [-0.2, 0) is 0 Å². The number of hydrogen-bond acceptors (Lipinski definition) is 5. The topological polar surface area (TPSA) is 76.7 Å². The van der Waals surface area contributed by atoms with Crippen molar-refractivity contribution in [3.63, 3.8) is 0 Å². The maximum absolute atomic E-state index is 12.4. The highest BCUT2D eigenvalue weighted by Crippen LogP contribution is 2.28. The molecule has 5 nitrogen and oxygen atoms in total. The molecular formula is C23H16Br2O5. The molecular weight excluding hydrogens is 516 g/mol. The average molecular weight is 532 g/mol. The van der Waals surface area contributed by atoms with Crippen LogP contribution in [-0.4, -0.2) is 24.3 Å². The Morgan fingerprint density at radius 2 is 1.70 bits per heavy atom. The summed E-state index contributed by atoms with van der Waals surface area (Å²) in [6.45, 7) is 0. The van der Waals surface area contributed by atoms with Crippen LogP contribution >= 0.6 is 31.9 Å². The first kappa shape index (κ1) is 21.8. The van der Waals surface area contributed by atoms with Crippen LogP contribution in [0.4, 0.5) is 0 Å². The minimum atomic E-state index is -0.160. The molecule has 0 aliphatic heterocycles. The fourth-order valence-electron chi connectivity index (χ4n) is 2.67. The van der Waals surface area contributed by atoms with E-state index in [1.54, 1.807) is 55.6 Å². The molecule has 30 heavy (non-hydrogen) atoms. The first-order valence-electron chi connectivity index (χ1n) is 8.74. The van der Waals surface area contributed by atoms with Gasteiger partial charge in [0.1, 0.15) is 17.1 Å². The molecule has 152 valence electrons. The summed E-state index contributed by atoms with van der Waals surface area (Å²) in [6.07, 6.45) is 0.611. The molecule has 0 saturated carbocycles. The maximum atomic E-state index is 12.4. The fourth-order valence-corrected chi connectivity index (χ4v) is 3.52. The van der Waals surface area contributed by atoms with Crippen molar-refractivity contribution in [3.05, 3.63) is 92.6 Å². The summed E-state index contributed by atoms with van der Waals surface area (Å²) in [6, 6.07) is 19.4. The second kappa shape index (κ2) is 9.73. The van der Waals surface area contributed by atoms with Crippen LogP contribution < -0.4 is 4.74 Å². The van der Waals surface area contributed by atoms with E-state index in [0.29, 0.717) is 39.0 Å². The number of para-hydroxylation sites is 2. The van der Waals surface area contributed by atoms with Gasteiger partial charge in [0.05, 0.1) is 21.6 Å². The van der Waals surface area contributed by atoms with E-state index >= 15 is 0 Å². The number of carbonyl (C=O) groups is 2.